The Morgan fingerprint density at radius 2 is 2.19 bits per heavy atom. The van der Waals surface area contributed by atoms with Gasteiger partial charge in [0.1, 0.15) is 5.82 Å². The van der Waals surface area contributed by atoms with Gasteiger partial charge in [0.2, 0.25) is 0 Å². The van der Waals surface area contributed by atoms with Crippen molar-refractivity contribution in [3.05, 3.63) is 29.6 Å². The molecule has 5 nitrogen and oxygen atoms in total. The van der Waals surface area contributed by atoms with E-state index in [4.69, 9.17) is 0 Å². The summed E-state index contributed by atoms with van der Waals surface area (Å²) in [5.41, 5.74) is 0.749. The highest BCUT2D eigenvalue weighted by molar-refractivity contribution is 7.90. The van der Waals surface area contributed by atoms with Crippen LogP contribution in [0, 0.1) is 18.7 Å². The van der Waals surface area contributed by atoms with Crippen molar-refractivity contribution in [2.24, 2.45) is 5.92 Å². The van der Waals surface area contributed by atoms with Gasteiger partial charge in [-0.3, -0.25) is 4.72 Å². The first-order valence-corrected chi connectivity index (χ1v) is 8.55. The average Bonchev–Trinajstić information content (AvgIpc) is 2.43. The average molecular weight is 315 g/mol. The van der Waals surface area contributed by atoms with E-state index in [0.29, 0.717) is 24.6 Å². The summed E-state index contributed by atoms with van der Waals surface area (Å²) in [4.78, 5) is 0. The lowest BCUT2D eigenvalue weighted by Crippen LogP contribution is -2.44. The Morgan fingerprint density at radius 1 is 1.43 bits per heavy atom. The first-order chi connectivity index (χ1) is 9.92. The van der Waals surface area contributed by atoms with Gasteiger partial charge in [-0.15, -0.1) is 0 Å². The number of piperidine rings is 1. The molecular formula is C14H22FN3O2S. The monoisotopic (exact) mass is 315 g/mol. The lowest BCUT2D eigenvalue weighted by molar-refractivity contribution is 0.264. The number of anilines is 1. The van der Waals surface area contributed by atoms with E-state index in [1.807, 2.05) is 7.05 Å². The van der Waals surface area contributed by atoms with Crippen LogP contribution < -0.4 is 10.0 Å². The van der Waals surface area contributed by atoms with Crippen molar-refractivity contribution in [1.29, 1.82) is 0 Å². The highest BCUT2D eigenvalue weighted by Gasteiger charge is 2.28. The van der Waals surface area contributed by atoms with Crippen molar-refractivity contribution in [2.45, 2.75) is 19.8 Å². The minimum Gasteiger partial charge on any atom is -0.319 e. The summed E-state index contributed by atoms with van der Waals surface area (Å²) in [5.74, 6) is -0.100. The van der Waals surface area contributed by atoms with Crippen LogP contribution in [-0.4, -0.2) is 39.4 Å². The number of aryl methyl sites for hydroxylation is 1. The van der Waals surface area contributed by atoms with E-state index in [1.165, 1.54) is 10.4 Å². The lowest BCUT2D eigenvalue weighted by Gasteiger charge is -2.31. The quantitative estimate of drug-likeness (QED) is 0.870. The Balaban J connectivity index is 2.08. The van der Waals surface area contributed by atoms with Crippen LogP contribution in [-0.2, 0) is 10.2 Å². The van der Waals surface area contributed by atoms with E-state index < -0.39 is 16.0 Å². The Hall–Kier alpha value is -1.18. The zero-order valence-electron chi connectivity index (χ0n) is 12.4. The molecule has 2 N–H and O–H groups in total. The van der Waals surface area contributed by atoms with Crippen molar-refractivity contribution in [1.82, 2.24) is 9.62 Å². The molecule has 1 fully saturated rings. The largest absolute Gasteiger partial charge is 0.319 e. The Labute approximate surface area is 125 Å². The van der Waals surface area contributed by atoms with E-state index in [-0.39, 0.29) is 5.69 Å². The first kappa shape index (κ1) is 16.2. The third-order valence-corrected chi connectivity index (χ3v) is 5.24. The molecule has 1 heterocycles. The molecule has 1 atom stereocenters. The van der Waals surface area contributed by atoms with Crippen molar-refractivity contribution in [3.8, 4) is 0 Å². The second kappa shape index (κ2) is 6.72. The molecule has 0 bridgehead atoms. The van der Waals surface area contributed by atoms with E-state index in [2.05, 4.69) is 10.0 Å². The van der Waals surface area contributed by atoms with E-state index in [9.17, 15) is 12.8 Å². The molecule has 1 aliphatic rings. The van der Waals surface area contributed by atoms with Gasteiger partial charge in [-0.25, -0.2) is 4.39 Å². The number of nitrogens with zero attached hydrogens (tertiary/aromatic N) is 1. The summed E-state index contributed by atoms with van der Waals surface area (Å²) in [5, 5.41) is 3.08. The van der Waals surface area contributed by atoms with Crippen LogP contribution >= 0.6 is 0 Å². The molecule has 1 aromatic rings. The topological polar surface area (TPSA) is 61.4 Å². The molecule has 1 unspecified atom stereocenters. The summed E-state index contributed by atoms with van der Waals surface area (Å²) in [7, 11) is -1.77. The van der Waals surface area contributed by atoms with Crippen LogP contribution in [0.15, 0.2) is 18.2 Å². The summed E-state index contributed by atoms with van der Waals surface area (Å²) in [6.07, 6.45) is 1.86. The van der Waals surface area contributed by atoms with Crippen LogP contribution in [0.2, 0.25) is 0 Å². The molecule has 21 heavy (non-hydrogen) atoms. The van der Waals surface area contributed by atoms with Crippen LogP contribution in [0.3, 0.4) is 0 Å². The number of hydrogen-bond donors (Lipinski definition) is 2. The molecule has 118 valence electrons. The molecule has 7 heteroatoms. The molecule has 1 aromatic carbocycles. The zero-order chi connectivity index (χ0) is 15.5. The number of hydrogen-bond acceptors (Lipinski definition) is 3. The van der Waals surface area contributed by atoms with Gasteiger partial charge in [0.25, 0.3) is 0 Å². The standard InChI is InChI=1S/C14H22FN3O2S/c1-11-5-6-13(8-14(11)15)17-21(19,20)18-7-3-4-12(10-18)9-16-2/h5-6,8,12,16-17H,3-4,7,9-10H2,1-2H3. The summed E-state index contributed by atoms with van der Waals surface area (Å²) >= 11 is 0. The zero-order valence-corrected chi connectivity index (χ0v) is 13.2. The molecule has 0 radical (unpaired) electrons. The second-order valence-corrected chi connectivity index (χ2v) is 7.17. The maximum atomic E-state index is 13.5. The first-order valence-electron chi connectivity index (χ1n) is 7.11. The van der Waals surface area contributed by atoms with Gasteiger partial charge in [-0.1, -0.05) is 6.07 Å². The van der Waals surface area contributed by atoms with Crippen molar-refractivity contribution >= 4 is 15.9 Å². The number of halogens is 1. The third-order valence-electron chi connectivity index (χ3n) is 3.73. The van der Waals surface area contributed by atoms with Gasteiger partial charge in [-0.05, 0) is 57.0 Å². The number of nitrogens with one attached hydrogen (secondary N) is 2. The van der Waals surface area contributed by atoms with Gasteiger partial charge in [-0.2, -0.15) is 12.7 Å². The fraction of sp³-hybridized carbons (Fsp3) is 0.571. The highest BCUT2D eigenvalue weighted by atomic mass is 32.2. The summed E-state index contributed by atoms with van der Waals surface area (Å²) in [6.45, 7) is 3.43. The maximum Gasteiger partial charge on any atom is 0.301 e. The van der Waals surface area contributed by atoms with E-state index in [1.54, 1.807) is 19.1 Å². The molecular weight excluding hydrogens is 293 g/mol. The van der Waals surface area contributed by atoms with E-state index >= 15 is 0 Å². The SMILES string of the molecule is CNCC1CCCN(S(=O)(=O)Nc2ccc(C)c(F)c2)C1. The number of benzene rings is 1. The molecule has 0 aliphatic carbocycles. The molecule has 1 saturated heterocycles. The smallest absolute Gasteiger partial charge is 0.301 e. The van der Waals surface area contributed by atoms with Gasteiger partial charge in [0, 0.05) is 13.1 Å². The molecule has 0 saturated carbocycles. The van der Waals surface area contributed by atoms with Crippen LogP contribution in [0.25, 0.3) is 0 Å². The van der Waals surface area contributed by atoms with Crippen molar-refractivity contribution in [2.75, 3.05) is 31.4 Å². The van der Waals surface area contributed by atoms with E-state index in [0.717, 1.165) is 19.4 Å². The van der Waals surface area contributed by atoms with Crippen molar-refractivity contribution in [3.63, 3.8) is 0 Å². The van der Waals surface area contributed by atoms with Gasteiger partial charge >= 0.3 is 10.2 Å². The van der Waals surface area contributed by atoms with Crippen LogP contribution in [0.5, 0.6) is 0 Å². The molecule has 2 rings (SSSR count). The van der Waals surface area contributed by atoms with Gasteiger partial charge in [0.15, 0.2) is 0 Å². The Kier molecular flexibility index (Phi) is 5.18. The number of rotatable bonds is 5. The fourth-order valence-corrected chi connectivity index (χ4v) is 3.90. The third kappa shape index (κ3) is 4.15. The Bertz CT molecular complexity index is 590. The highest BCUT2D eigenvalue weighted by Crippen LogP contribution is 2.21. The molecule has 0 amide bonds. The minimum atomic E-state index is -3.63. The lowest BCUT2D eigenvalue weighted by atomic mass is 10.00. The maximum absolute atomic E-state index is 13.5. The van der Waals surface area contributed by atoms with Crippen molar-refractivity contribution < 1.29 is 12.8 Å². The predicted octanol–water partition coefficient (Wildman–Crippen LogP) is 1.72. The molecule has 0 aromatic heterocycles. The van der Waals surface area contributed by atoms with Crippen LogP contribution in [0.1, 0.15) is 18.4 Å². The predicted molar refractivity (Wildman–Crippen MR) is 81.9 cm³/mol. The Morgan fingerprint density at radius 3 is 2.86 bits per heavy atom. The van der Waals surface area contributed by atoms with Gasteiger partial charge in [0.05, 0.1) is 5.69 Å². The molecule has 1 aliphatic heterocycles. The normalized spacial score (nSPS) is 20.4. The van der Waals surface area contributed by atoms with Crippen LogP contribution in [0.4, 0.5) is 10.1 Å². The minimum absolute atomic E-state index is 0.258. The molecule has 0 spiro atoms. The van der Waals surface area contributed by atoms with Gasteiger partial charge < -0.3 is 5.32 Å². The second-order valence-electron chi connectivity index (χ2n) is 5.50. The summed E-state index contributed by atoms with van der Waals surface area (Å²) < 4.78 is 42.1. The fourth-order valence-electron chi connectivity index (χ4n) is 2.57. The summed E-state index contributed by atoms with van der Waals surface area (Å²) in [6, 6.07) is 4.35.